The largest absolute Gasteiger partial charge is 0.465 e. The number of benzene rings is 2. The third-order valence-corrected chi connectivity index (χ3v) is 3.97. The number of nitrogens with zero attached hydrogens (tertiary/aromatic N) is 2. The van der Waals surface area contributed by atoms with Gasteiger partial charge in [0.25, 0.3) is 5.56 Å². The minimum atomic E-state index is -0.430. The molecule has 24 heavy (non-hydrogen) atoms. The van der Waals surface area contributed by atoms with Crippen molar-refractivity contribution in [1.29, 1.82) is 0 Å². The van der Waals surface area contributed by atoms with E-state index in [9.17, 15) is 14.4 Å². The van der Waals surface area contributed by atoms with E-state index in [-0.39, 0.29) is 17.8 Å². The van der Waals surface area contributed by atoms with Crippen LogP contribution < -0.4 is 11.2 Å². The molecule has 0 bridgehead atoms. The van der Waals surface area contributed by atoms with E-state index in [4.69, 9.17) is 0 Å². The van der Waals surface area contributed by atoms with Crippen molar-refractivity contribution in [3.05, 3.63) is 80.5 Å². The zero-order valence-corrected chi connectivity index (χ0v) is 13.4. The molecule has 2 aromatic carbocycles. The molecule has 0 saturated carbocycles. The Hall–Kier alpha value is -3.15. The molecule has 122 valence electrons. The molecule has 0 radical (unpaired) electrons. The second-order valence-corrected chi connectivity index (χ2v) is 5.44. The van der Waals surface area contributed by atoms with E-state index in [1.165, 1.54) is 16.2 Å². The summed E-state index contributed by atoms with van der Waals surface area (Å²) in [5, 5.41) is 0.491. The molecule has 0 aliphatic rings. The molecule has 0 atom stereocenters. The third kappa shape index (κ3) is 2.62. The molecule has 1 heterocycles. The van der Waals surface area contributed by atoms with Crippen molar-refractivity contribution in [3.8, 4) is 0 Å². The number of fused-ring (bicyclic) bond motifs is 1. The van der Waals surface area contributed by atoms with E-state index in [1.54, 1.807) is 55.6 Å². The quantitative estimate of drug-likeness (QED) is 0.685. The SMILES string of the molecule is COC(=O)c1ccc(Cn2c(=O)c3ccccc3n(C)c2=O)cc1. The summed E-state index contributed by atoms with van der Waals surface area (Å²) in [6, 6.07) is 13.6. The van der Waals surface area contributed by atoms with Crippen LogP contribution in [0.15, 0.2) is 58.1 Å². The molecule has 0 saturated heterocycles. The molecular formula is C18H16N2O4. The molecule has 0 N–H and O–H groups in total. The van der Waals surface area contributed by atoms with Crippen LogP contribution in [0.5, 0.6) is 0 Å². The van der Waals surface area contributed by atoms with Crippen LogP contribution in [0.2, 0.25) is 0 Å². The van der Waals surface area contributed by atoms with Gasteiger partial charge in [-0.15, -0.1) is 0 Å². The lowest BCUT2D eigenvalue weighted by molar-refractivity contribution is 0.0600. The lowest BCUT2D eigenvalue weighted by atomic mass is 10.1. The number of ether oxygens (including phenoxy) is 1. The van der Waals surface area contributed by atoms with Crippen LogP contribution in [0.1, 0.15) is 15.9 Å². The molecule has 0 aliphatic carbocycles. The van der Waals surface area contributed by atoms with Crippen molar-refractivity contribution in [2.45, 2.75) is 6.54 Å². The first-order valence-electron chi connectivity index (χ1n) is 7.38. The van der Waals surface area contributed by atoms with Gasteiger partial charge in [0.1, 0.15) is 0 Å². The Morgan fingerprint density at radius 2 is 1.71 bits per heavy atom. The Morgan fingerprint density at radius 3 is 2.38 bits per heavy atom. The second-order valence-electron chi connectivity index (χ2n) is 5.44. The number of hydrogen-bond donors (Lipinski definition) is 0. The summed E-state index contributed by atoms with van der Waals surface area (Å²) in [5.41, 5.74) is 1.06. The van der Waals surface area contributed by atoms with Gasteiger partial charge in [0.15, 0.2) is 0 Å². The van der Waals surface area contributed by atoms with E-state index < -0.39 is 5.97 Å². The van der Waals surface area contributed by atoms with E-state index in [0.717, 1.165) is 5.56 Å². The number of carbonyl (C=O) groups excluding carboxylic acids is 1. The molecule has 0 spiro atoms. The maximum absolute atomic E-state index is 12.6. The Balaban J connectivity index is 2.06. The van der Waals surface area contributed by atoms with Crippen LogP contribution in [0.4, 0.5) is 0 Å². The lowest BCUT2D eigenvalue weighted by Gasteiger charge is -2.11. The minimum Gasteiger partial charge on any atom is -0.465 e. The highest BCUT2D eigenvalue weighted by molar-refractivity contribution is 5.89. The van der Waals surface area contributed by atoms with Crippen molar-refractivity contribution < 1.29 is 9.53 Å². The van der Waals surface area contributed by atoms with Crippen molar-refractivity contribution in [1.82, 2.24) is 9.13 Å². The fourth-order valence-corrected chi connectivity index (χ4v) is 2.65. The monoisotopic (exact) mass is 324 g/mol. The highest BCUT2D eigenvalue weighted by Gasteiger charge is 2.11. The van der Waals surface area contributed by atoms with Gasteiger partial charge in [0.2, 0.25) is 0 Å². The zero-order chi connectivity index (χ0) is 17.3. The lowest BCUT2D eigenvalue weighted by Crippen LogP contribution is -2.39. The predicted octanol–water partition coefficient (Wildman–Crippen LogP) is 1.54. The van der Waals surface area contributed by atoms with Gasteiger partial charge in [-0.25, -0.2) is 9.59 Å². The highest BCUT2D eigenvalue weighted by Crippen LogP contribution is 2.09. The summed E-state index contributed by atoms with van der Waals surface area (Å²) in [5.74, 6) is -0.430. The average Bonchev–Trinajstić information content (AvgIpc) is 2.63. The predicted molar refractivity (Wildman–Crippen MR) is 90.3 cm³/mol. The third-order valence-electron chi connectivity index (χ3n) is 3.97. The van der Waals surface area contributed by atoms with Crippen LogP contribution in [0.25, 0.3) is 10.9 Å². The summed E-state index contributed by atoms with van der Waals surface area (Å²) in [6.07, 6.45) is 0. The zero-order valence-electron chi connectivity index (χ0n) is 13.4. The smallest absolute Gasteiger partial charge is 0.337 e. The maximum atomic E-state index is 12.6. The van der Waals surface area contributed by atoms with Gasteiger partial charge in [-0.3, -0.25) is 13.9 Å². The van der Waals surface area contributed by atoms with Gasteiger partial charge in [0.05, 0.1) is 30.1 Å². The van der Waals surface area contributed by atoms with Gasteiger partial charge in [0, 0.05) is 7.05 Å². The Bertz CT molecular complexity index is 1030. The number of methoxy groups -OCH3 is 1. The maximum Gasteiger partial charge on any atom is 0.337 e. The summed E-state index contributed by atoms with van der Waals surface area (Å²) >= 11 is 0. The van der Waals surface area contributed by atoms with E-state index >= 15 is 0 Å². The summed E-state index contributed by atoms with van der Waals surface area (Å²) in [6.45, 7) is 0.137. The van der Waals surface area contributed by atoms with Gasteiger partial charge >= 0.3 is 11.7 Å². The highest BCUT2D eigenvalue weighted by atomic mass is 16.5. The van der Waals surface area contributed by atoms with Crippen molar-refractivity contribution in [2.24, 2.45) is 7.05 Å². The number of para-hydroxylation sites is 1. The Kier molecular flexibility index (Phi) is 4.04. The molecule has 3 aromatic rings. The van der Waals surface area contributed by atoms with Crippen molar-refractivity contribution >= 4 is 16.9 Å². The molecule has 6 nitrogen and oxygen atoms in total. The van der Waals surface area contributed by atoms with E-state index in [1.807, 2.05) is 0 Å². The molecular weight excluding hydrogens is 308 g/mol. The fourth-order valence-electron chi connectivity index (χ4n) is 2.65. The number of carbonyl (C=O) groups is 1. The van der Waals surface area contributed by atoms with Crippen LogP contribution in [0.3, 0.4) is 0 Å². The van der Waals surface area contributed by atoms with Crippen molar-refractivity contribution in [3.63, 3.8) is 0 Å². The normalized spacial score (nSPS) is 10.8. The number of aromatic nitrogens is 2. The average molecular weight is 324 g/mol. The van der Waals surface area contributed by atoms with Gasteiger partial charge in [-0.2, -0.15) is 0 Å². The number of hydrogen-bond acceptors (Lipinski definition) is 4. The molecule has 1 aromatic heterocycles. The molecule has 0 amide bonds. The first-order valence-corrected chi connectivity index (χ1v) is 7.38. The first-order chi connectivity index (χ1) is 11.5. The van der Waals surface area contributed by atoms with E-state index in [2.05, 4.69) is 4.74 Å². The number of esters is 1. The molecule has 6 heteroatoms. The second kappa shape index (κ2) is 6.16. The Morgan fingerprint density at radius 1 is 1.04 bits per heavy atom. The minimum absolute atomic E-state index is 0.137. The van der Waals surface area contributed by atoms with Crippen LogP contribution in [0, 0.1) is 0 Å². The van der Waals surface area contributed by atoms with Crippen LogP contribution >= 0.6 is 0 Å². The standard InChI is InChI=1S/C18H16N2O4/c1-19-15-6-4-3-5-14(15)16(21)20(18(19)23)11-12-7-9-13(10-8-12)17(22)24-2/h3-10H,11H2,1-2H3. The number of aryl methyl sites for hydroxylation is 1. The Labute approximate surface area is 137 Å². The van der Waals surface area contributed by atoms with Gasteiger partial charge in [-0.05, 0) is 29.8 Å². The molecule has 3 rings (SSSR count). The van der Waals surface area contributed by atoms with Gasteiger partial charge < -0.3 is 4.74 Å². The van der Waals surface area contributed by atoms with Crippen molar-refractivity contribution in [2.75, 3.05) is 7.11 Å². The topological polar surface area (TPSA) is 70.3 Å². The molecule has 0 aliphatic heterocycles. The summed E-state index contributed by atoms with van der Waals surface area (Å²) < 4.78 is 7.30. The fraction of sp³-hybridized carbons (Fsp3) is 0.167. The summed E-state index contributed by atoms with van der Waals surface area (Å²) in [7, 11) is 2.95. The first kappa shape index (κ1) is 15.7. The van der Waals surface area contributed by atoms with E-state index in [0.29, 0.717) is 16.5 Å². The molecule has 0 fully saturated rings. The van der Waals surface area contributed by atoms with Crippen LogP contribution in [-0.4, -0.2) is 22.2 Å². The summed E-state index contributed by atoms with van der Waals surface area (Å²) in [4.78, 5) is 36.5. The van der Waals surface area contributed by atoms with Crippen LogP contribution in [-0.2, 0) is 18.3 Å². The molecule has 0 unspecified atom stereocenters. The van der Waals surface area contributed by atoms with Gasteiger partial charge in [-0.1, -0.05) is 24.3 Å². The number of rotatable bonds is 3.